The number of hydrogen-bond donors (Lipinski definition) is 0. The standard InChI is InChI=1S/C30H25Br/c1-30(2,3)28-17-14-25-18-23-6-4-5-7-24(23)19-27(25)29(28)22-10-8-20(9-11-22)21-12-15-26(31)16-13-21/h4-19H,1-3H3. The second-order valence-corrected chi connectivity index (χ2v) is 10.2. The molecule has 0 nitrogen and oxygen atoms in total. The molecule has 0 radical (unpaired) electrons. The summed E-state index contributed by atoms with van der Waals surface area (Å²) in [4.78, 5) is 0. The van der Waals surface area contributed by atoms with Gasteiger partial charge < -0.3 is 0 Å². The molecule has 5 aromatic rings. The van der Waals surface area contributed by atoms with E-state index >= 15 is 0 Å². The molecular formula is C30H25Br. The molecule has 0 aliphatic rings. The van der Waals surface area contributed by atoms with Crippen LogP contribution in [0.5, 0.6) is 0 Å². The first-order valence-electron chi connectivity index (χ1n) is 10.7. The quantitative estimate of drug-likeness (QED) is 0.228. The molecule has 0 bridgehead atoms. The summed E-state index contributed by atoms with van der Waals surface area (Å²) in [6, 6.07) is 35.4. The first-order chi connectivity index (χ1) is 14.9. The fraction of sp³-hybridized carbons (Fsp3) is 0.133. The first-order valence-corrected chi connectivity index (χ1v) is 11.5. The Kier molecular flexibility index (Phi) is 4.95. The lowest BCUT2D eigenvalue weighted by Gasteiger charge is -2.25. The Morgan fingerprint density at radius 2 is 1.10 bits per heavy atom. The molecule has 0 heterocycles. The monoisotopic (exact) mass is 464 g/mol. The Hall–Kier alpha value is -2.90. The Labute approximate surface area is 192 Å². The molecule has 0 N–H and O–H groups in total. The molecule has 0 spiro atoms. The number of rotatable bonds is 2. The lowest BCUT2D eigenvalue weighted by Crippen LogP contribution is -2.13. The summed E-state index contributed by atoms with van der Waals surface area (Å²) in [5.74, 6) is 0. The van der Waals surface area contributed by atoms with Gasteiger partial charge in [-0.05, 0) is 79.0 Å². The van der Waals surface area contributed by atoms with Gasteiger partial charge in [0, 0.05) is 4.47 Å². The third kappa shape index (κ3) is 3.79. The minimum atomic E-state index is 0.0551. The van der Waals surface area contributed by atoms with E-state index < -0.39 is 0 Å². The van der Waals surface area contributed by atoms with E-state index in [9.17, 15) is 0 Å². The number of halogens is 1. The highest BCUT2D eigenvalue weighted by Gasteiger charge is 2.21. The van der Waals surface area contributed by atoms with E-state index in [-0.39, 0.29) is 5.41 Å². The van der Waals surface area contributed by atoms with Gasteiger partial charge in [0.05, 0.1) is 0 Å². The largest absolute Gasteiger partial charge is 0.0616 e. The average molecular weight is 465 g/mol. The maximum Gasteiger partial charge on any atom is 0.0175 e. The van der Waals surface area contributed by atoms with Gasteiger partial charge in [0.25, 0.3) is 0 Å². The van der Waals surface area contributed by atoms with E-state index in [2.05, 4.69) is 134 Å². The normalized spacial score (nSPS) is 11.9. The minimum absolute atomic E-state index is 0.0551. The second kappa shape index (κ2) is 7.66. The highest BCUT2D eigenvalue weighted by molar-refractivity contribution is 9.10. The number of fused-ring (bicyclic) bond motifs is 2. The van der Waals surface area contributed by atoms with Crippen molar-refractivity contribution in [2.75, 3.05) is 0 Å². The maximum absolute atomic E-state index is 3.53. The molecule has 0 saturated heterocycles. The predicted molar refractivity (Wildman–Crippen MR) is 139 cm³/mol. The van der Waals surface area contributed by atoms with Gasteiger partial charge in [-0.3, -0.25) is 0 Å². The zero-order valence-corrected chi connectivity index (χ0v) is 19.7. The molecule has 0 atom stereocenters. The van der Waals surface area contributed by atoms with Crippen LogP contribution in [0.4, 0.5) is 0 Å². The average Bonchev–Trinajstić information content (AvgIpc) is 2.77. The van der Waals surface area contributed by atoms with E-state index in [0.717, 1.165) is 4.47 Å². The summed E-state index contributed by atoms with van der Waals surface area (Å²) in [5.41, 5.74) is 6.52. The van der Waals surface area contributed by atoms with Gasteiger partial charge in [0.1, 0.15) is 0 Å². The van der Waals surface area contributed by atoms with Crippen molar-refractivity contribution >= 4 is 37.5 Å². The highest BCUT2D eigenvalue weighted by Crippen LogP contribution is 2.40. The molecule has 152 valence electrons. The van der Waals surface area contributed by atoms with Gasteiger partial charge in [-0.25, -0.2) is 0 Å². The van der Waals surface area contributed by atoms with Crippen LogP contribution in [0.15, 0.2) is 102 Å². The van der Waals surface area contributed by atoms with Crippen LogP contribution in [-0.2, 0) is 5.41 Å². The zero-order valence-electron chi connectivity index (χ0n) is 18.1. The van der Waals surface area contributed by atoms with Crippen LogP contribution in [0, 0.1) is 0 Å². The molecular weight excluding hydrogens is 440 g/mol. The lowest BCUT2D eigenvalue weighted by atomic mass is 9.79. The Balaban J connectivity index is 1.73. The van der Waals surface area contributed by atoms with Crippen LogP contribution in [0.3, 0.4) is 0 Å². The summed E-state index contributed by atoms with van der Waals surface area (Å²) in [7, 11) is 0. The zero-order chi connectivity index (χ0) is 21.6. The van der Waals surface area contributed by atoms with Crippen molar-refractivity contribution in [2.45, 2.75) is 26.2 Å². The van der Waals surface area contributed by atoms with E-state index in [1.165, 1.54) is 49.4 Å². The van der Waals surface area contributed by atoms with Gasteiger partial charge in [0.2, 0.25) is 0 Å². The topological polar surface area (TPSA) is 0 Å². The molecule has 0 fully saturated rings. The van der Waals surface area contributed by atoms with E-state index in [1.807, 2.05) is 0 Å². The first kappa shape index (κ1) is 20.0. The third-order valence-electron chi connectivity index (χ3n) is 6.05. The molecule has 0 aromatic heterocycles. The van der Waals surface area contributed by atoms with Crippen molar-refractivity contribution in [1.82, 2.24) is 0 Å². The molecule has 0 saturated carbocycles. The fourth-order valence-electron chi connectivity index (χ4n) is 4.42. The smallest absolute Gasteiger partial charge is 0.0175 e. The van der Waals surface area contributed by atoms with Crippen molar-refractivity contribution < 1.29 is 0 Å². The number of hydrogen-bond acceptors (Lipinski definition) is 0. The Bertz CT molecular complexity index is 1390. The van der Waals surface area contributed by atoms with Crippen molar-refractivity contribution in [3.05, 3.63) is 107 Å². The lowest BCUT2D eigenvalue weighted by molar-refractivity contribution is 0.593. The Morgan fingerprint density at radius 3 is 1.71 bits per heavy atom. The summed E-state index contributed by atoms with van der Waals surface area (Å²) in [6.07, 6.45) is 0. The predicted octanol–water partition coefficient (Wildman–Crippen LogP) is 9.39. The number of benzene rings is 5. The molecule has 5 rings (SSSR count). The highest BCUT2D eigenvalue weighted by atomic mass is 79.9. The minimum Gasteiger partial charge on any atom is -0.0616 e. The van der Waals surface area contributed by atoms with E-state index in [1.54, 1.807) is 0 Å². The molecule has 0 amide bonds. The second-order valence-electron chi connectivity index (χ2n) is 9.24. The molecule has 5 aromatic carbocycles. The van der Waals surface area contributed by atoms with Gasteiger partial charge in [0.15, 0.2) is 0 Å². The van der Waals surface area contributed by atoms with Crippen LogP contribution < -0.4 is 0 Å². The van der Waals surface area contributed by atoms with Gasteiger partial charge >= 0.3 is 0 Å². The van der Waals surface area contributed by atoms with Crippen LogP contribution in [0.25, 0.3) is 43.8 Å². The fourth-order valence-corrected chi connectivity index (χ4v) is 4.69. The van der Waals surface area contributed by atoms with Gasteiger partial charge in [-0.15, -0.1) is 0 Å². The molecule has 0 aliphatic heterocycles. The van der Waals surface area contributed by atoms with E-state index in [0.29, 0.717) is 0 Å². The summed E-state index contributed by atoms with van der Waals surface area (Å²) >= 11 is 3.53. The van der Waals surface area contributed by atoms with Crippen molar-refractivity contribution in [2.24, 2.45) is 0 Å². The van der Waals surface area contributed by atoms with Gasteiger partial charge in [-0.2, -0.15) is 0 Å². The maximum atomic E-state index is 3.53. The van der Waals surface area contributed by atoms with Crippen LogP contribution in [0.1, 0.15) is 26.3 Å². The van der Waals surface area contributed by atoms with Crippen LogP contribution in [-0.4, -0.2) is 0 Å². The SMILES string of the molecule is CC(C)(C)c1ccc2cc3ccccc3cc2c1-c1ccc(-c2ccc(Br)cc2)cc1. The van der Waals surface area contributed by atoms with Crippen molar-refractivity contribution in [3.8, 4) is 22.3 Å². The third-order valence-corrected chi connectivity index (χ3v) is 6.57. The molecule has 1 heteroatoms. The summed E-state index contributed by atoms with van der Waals surface area (Å²) in [5, 5.41) is 5.19. The van der Waals surface area contributed by atoms with Crippen molar-refractivity contribution in [3.63, 3.8) is 0 Å². The summed E-state index contributed by atoms with van der Waals surface area (Å²) < 4.78 is 1.10. The van der Waals surface area contributed by atoms with E-state index in [4.69, 9.17) is 0 Å². The summed E-state index contributed by atoms with van der Waals surface area (Å²) in [6.45, 7) is 6.90. The molecule has 0 aliphatic carbocycles. The molecule has 31 heavy (non-hydrogen) atoms. The molecule has 0 unspecified atom stereocenters. The van der Waals surface area contributed by atoms with Crippen molar-refractivity contribution in [1.29, 1.82) is 0 Å². The Morgan fingerprint density at radius 1 is 0.548 bits per heavy atom. The van der Waals surface area contributed by atoms with Gasteiger partial charge in [-0.1, -0.05) is 109 Å². The van der Waals surface area contributed by atoms with Crippen LogP contribution in [0.2, 0.25) is 0 Å². The van der Waals surface area contributed by atoms with Crippen LogP contribution >= 0.6 is 15.9 Å².